The lowest BCUT2D eigenvalue weighted by Crippen LogP contribution is -2.24. The Hall–Kier alpha value is -1.03. The molecule has 0 bridgehead atoms. The van der Waals surface area contributed by atoms with Gasteiger partial charge < -0.3 is 15.2 Å². The minimum atomic E-state index is 0.711. The Bertz CT molecular complexity index is 289. The monoisotopic (exact) mass is 208 g/mol. The molecule has 1 saturated heterocycles. The van der Waals surface area contributed by atoms with E-state index in [1.54, 1.807) is 0 Å². The largest absolute Gasteiger partial charge is 0.356 e. The summed E-state index contributed by atoms with van der Waals surface area (Å²) in [6.07, 6.45) is 7.70. The Morgan fingerprint density at radius 3 is 3.33 bits per heavy atom. The first-order valence-corrected chi connectivity index (χ1v) is 5.88. The van der Waals surface area contributed by atoms with Gasteiger partial charge in [0.1, 0.15) is 0 Å². The Kier molecular flexibility index (Phi) is 3.61. The Morgan fingerprint density at radius 1 is 1.67 bits per heavy atom. The average Bonchev–Trinajstić information content (AvgIpc) is 2.88. The van der Waals surface area contributed by atoms with Crippen LogP contribution in [0.2, 0.25) is 0 Å². The molecule has 1 atom stereocenters. The average molecular weight is 208 g/mol. The molecule has 4 heteroatoms. The standard InChI is InChI=1S/C11H20N4/c1-2-15-9-8-14-11(15)13-7-5-10-4-3-6-12-10/h8-10,12H,2-7H2,1H3,(H,13,14)/t10-/m0/s1. The molecule has 0 aliphatic carbocycles. The van der Waals surface area contributed by atoms with E-state index in [1.807, 2.05) is 12.4 Å². The zero-order chi connectivity index (χ0) is 10.5. The molecule has 1 aliphatic heterocycles. The summed E-state index contributed by atoms with van der Waals surface area (Å²) in [5, 5.41) is 6.88. The van der Waals surface area contributed by atoms with E-state index in [0.717, 1.165) is 19.0 Å². The molecule has 2 N–H and O–H groups in total. The van der Waals surface area contributed by atoms with E-state index in [0.29, 0.717) is 6.04 Å². The van der Waals surface area contributed by atoms with Crippen molar-refractivity contribution in [3.63, 3.8) is 0 Å². The molecule has 0 spiro atoms. The lowest BCUT2D eigenvalue weighted by atomic mass is 10.1. The van der Waals surface area contributed by atoms with Gasteiger partial charge in [-0.25, -0.2) is 4.98 Å². The van der Waals surface area contributed by atoms with Crippen LogP contribution in [0.25, 0.3) is 0 Å². The van der Waals surface area contributed by atoms with Gasteiger partial charge in [0.15, 0.2) is 0 Å². The molecule has 2 heterocycles. The van der Waals surface area contributed by atoms with Gasteiger partial charge in [-0.3, -0.25) is 0 Å². The van der Waals surface area contributed by atoms with E-state index in [-0.39, 0.29) is 0 Å². The molecule has 1 fully saturated rings. The summed E-state index contributed by atoms with van der Waals surface area (Å²) in [5.41, 5.74) is 0. The number of rotatable bonds is 5. The van der Waals surface area contributed by atoms with Gasteiger partial charge in [-0.05, 0) is 32.7 Å². The van der Waals surface area contributed by atoms with Crippen LogP contribution in [-0.2, 0) is 6.54 Å². The fourth-order valence-electron chi connectivity index (χ4n) is 2.09. The highest BCUT2D eigenvalue weighted by molar-refractivity contribution is 5.25. The second-order valence-electron chi connectivity index (χ2n) is 4.05. The first kappa shape index (κ1) is 10.5. The van der Waals surface area contributed by atoms with Crippen LogP contribution in [0.1, 0.15) is 26.2 Å². The number of anilines is 1. The molecule has 1 aliphatic rings. The second-order valence-corrected chi connectivity index (χ2v) is 4.05. The summed E-state index contributed by atoms with van der Waals surface area (Å²) in [7, 11) is 0. The Morgan fingerprint density at radius 2 is 2.60 bits per heavy atom. The van der Waals surface area contributed by atoms with Crippen molar-refractivity contribution in [2.45, 2.75) is 38.8 Å². The number of imidazole rings is 1. The highest BCUT2D eigenvalue weighted by Gasteiger charge is 2.13. The zero-order valence-corrected chi connectivity index (χ0v) is 9.37. The third-order valence-corrected chi connectivity index (χ3v) is 2.99. The maximum atomic E-state index is 4.28. The molecular weight excluding hydrogens is 188 g/mol. The molecule has 2 rings (SSSR count). The van der Waals surface area contributed by atoms with E-state index in [2.05, 4.69) is 27.1 Å². The van der Waals surface area contributed by atoms with Gasteiger partial charge in [-0.15, -0.1) is 0 Å². The van der Waals surface area contributed by atoms with Crippen molar-refractivity contribution < 1.29 is 0 Å². The lowest BCUT2D eigenvalue weighted by Gasteiger charge is -2.11. The maximum Gasteiger partial charge on any atom is 0.202 e. The lowest BCUT2D eigenvalue weighted by molar-refractivity contribution is 0.572. The van der Waals surface area contributed by atoms with Gasteiger partial charge in [0, 0.05) is 31.5 Å². The van der Waals surface area contributed by atoms with E-state index in [4.69, 9.17) is 0 Å². The van der Waals surface area contributed by atoms with Crippen LogP contribution < -0.4 is 10.6 Å². The normalized spacial score (nSPS) is 20.7. The summed E-state index contributed by atoms with van der Waals surface area (Å²) in [5.74, 6) is 0.996. The highest BCUT2D eigenvalue weighted by Crippen LogP contribution is 2.09. The Labute approximate surface area is 91.1 Å². The summed E-state index contributed by atoms with van der Waals surface area (Å²) in [6, 6.07) is 0.711. The molecule has 0 aromatic carbocycles. The minimum absolute atomic E-state index is 0.711. The SMILES string of the molecule is CCn1ccnc1NCC[C@@H]1CCCN1. The van der Waals surface area contributed by atoms with Crippen molar-refractivity contribution in [1.29, 1.82) is 0 Å². The van der Waals surface area contributed by atoms with Crippen molar-refractivity contribution in [2.24, 2.45) is 0 Å². The molecule has 0 amide bonds. The molecule has 0 unspecified atom stereocenters. The van der Waals surface area contributed by atoms with Crippen LogP contribution in [0.4, 0.5) is 5.95 Å². The van der Waals surface area contributed by atoms with Crippen molar-refractivity contribution >= 4 is 5.95 Å². The van der Waals surface area contributed by atoms with Crippen molar-refractivity contribution in [2.75, 3.05) is 18.4 Å². The molecular formula is C11H20N4. The van der Waals surface area contributed by atoms with E-state index in [9.17, 15) is 0 Å². The summed E-state index contributed by atoms with van der Waals surface area (Å²) in [4.78, 5) is 4.28. The first-order chi connectivity index (χ1) is 7.40. The molecule has 1 aromatic heterocycles. The van der Waals surface area contributed by atoms with Gasteiger partial charge >= 0.3 is 0 Å². The first-order valence-electron chi connectivity index (χ1n) is 5.88. The Balaban J connectivity index is 1.73. The van der Waals surface area contributed by atoms with E-state index >= 15 is 0 Å². The van der Waals surface area contributed by atoms with Gasteiger partial charge in [-0.2, -0.15) is 0 Å². The summed E-state index contributed by atoms with van der Waals surface area (Å²) in [6.45, 7) is 5.30. The fourth-order valence-corrected chi connectivity index (χ4v) is 2.09. The zero-order valence-electron chi connectivity index (χ0n) is 9.37. The van der Waals surface area contributed by atoms with Gasteiger partial charge in [0.2, 0.25) is 5.95 Å². The van der Waals surface area contributed by atoms with Crippen LogP contribution in [0.15, 0.2) is 12.4 Å². The van der Waals surface area contributed by atoms with Gasteiger partial charge in [-0.1, -0.05) is 0 Å². The summed E-state index contributed by atoms with van der Waals surface area (Å²) < 4.78 is 2.13. The molecule has 4 nitrogen and oxygen atoms in total. The molecule has 0 radical (unpaired) electrons. The molecule has 84 valence electrons. The number of aromatic nitrogens is 2. The van der Waals surface area contributed by atoms with Crippen molar-refractivity contribution in [3.05, 3.63) is 12.4 Å². The predicted molar refractivity (Wildman–Crippen MR) is 62.0 cm³/mol. The van der Waals surface area contributed by atoms with Crippen LogP contribution in [0.3, 0.4) is 0 Å². The fraction of sp³-hybridized carbons (Fsp3) is 0.727. The minimum Gasteiger partial charge on any atom is -0.356 e. The van der Waals surface area contributed by atoms with Crippen LogP contribution in [0, 0.1) is 0 Å². The third kappa shape index (κ3) is 2.72. The number of hydrogen-bond acceptors (Lipinski definition) is 3. The second kappa shape index (κ2) is 5.16. The third-order valence-electron chi connectivity index (χ3n) is 2.99. The number of nitrogens with zero attached hydrogens (tertiary/aromatic N) is 2. The van der Waals surface area contributed by atoms with Crippen molar-refractivity contribution in [3.8, 4) is 0 Å². The van der Waals surface area contributed by atoms with Crippen LogP contribution >= 0.6 is 0 Å². The number of aryl methyl sites for hydroxylation is 1. The van der Waals surface area contributed by atoms with Gasteiger partial charge in [0.05, 0.1) is 0 Å². The predicted octanol–water partition coefficient (Wildman–Crippen LogP) is 1.46. The van der Waals surface area contributed by atoms with E-state index < -0.39 is 0 Å². The topological polar surface area (TPSA) is 41.9 Å². The van der Waals surface area contributed by atoms with Crippen LogP contribution in [0.5, 0.6) is 0 Å². The van der Waals surface area contributed by atoms with E-state index in [1.165, 1.54) is 25.8 Å². The van der Waals surface area contributed by atoms with Gasteiger partial charge in [0.25, 0.3) is 0 Å². The number of nitrogens with one attached hydrogen (secondary N) is 2. The molecule has 0 saturated carbocycles. The van der Waals surface area contributed by atoms with Crippen molar-refractivity contribution in [1.82, 2.24) is 14.9 Å². The maximum absolute atomic E-state index is 4.28. The molecule has 1 aromatic rings. The summed E-state index contributed by atoms with van der Waals surface area (Å²) >= 11 is 0. The highest BCUT2D eigenvalue weighted by atomic mass is 15.2. The smallest absolute Gasteiger partial charge is 0.202 e. The molecule has 15 heavy (non-hydrogen) atoms. The quantitative estimate of drug-likeness (QED) is 0.769. The number of hydrogen-bond donors (Lipinski definition) is 2. The van der Waals surface area contributed by atoms with Crippen LogP contribution in [-0.4, -0.2) is 28.7 Å².